The number of aryl methyl sites for hydroxylation is 2. The maximum atomic E-state index is 12.8. The van der Waals surface area contributed by atoms with Crippen LogP contribution in [0.4, 0.5) is 5.95 Å². The molecule has 4 rings (SSSR count). The van der Waals surface area contributed by atoms with Crippen LogP contribution in [0, 0.1) is 13.8 Å². The van der Waals surface area contributed by atoms with Crippen LogP contribution >= 0.6 is 0 Å². The summed E-state index contributed by atoms with van der Waals surface area (Å²) < 4.78 is 5.42. The second-order valence-corrected chi connectivity index (χ2v) is 7.04. The van der Waals surface area contributed by atoms with Crippen LogP contribution in [0.1, 0.15) is 32.9 Å². The number of ether oxygens (including phenoxy) is 1. The van der Waals surface area contributed by atoms with E-state index in [4.69, 9.17) is 4.74 Å². The van der Waals surface area contributed by atoms with Crippen LogP contribution in [-0.2, 0) is 17.8 Å². The number of carbonyl (C=O) groups excluding carboxylic acids is 1. The molecule has 4 heterocycles. The lowest BCUT2D eigenvalue weighted by molar-refractivity contribution is 0.0744. The molecule has 1 saturated heterocycles. The van der Waals surface area contributed by atoms with Gasteiger partial charge in [0.25, 0.3) is 11.5 Å². The van der Waals surface area contributed by atoms with Gasteiger partial charge >= 0.3 is 0 Å². The number of hydrogen-bond donors (Lipinski definition) is 1. The van der Waals surface area contributed by atoms with Gasteiger partial charge in [0.15, 0.2) is 0 Å². The van der Waals surface area contributed by atoms with Crippen molar-refractivity contribution < 1.29 is 9.53 Å². The number of nitrogens with zero attached hydrogens (tertiary/aromatic N) is 4. The molecule has 2 aliphatic rings. The average Bonchev–Trinajstić information content (AvgIpc) is 2.70. The number of hydrogen-bond acceptors (Lipinski definition) is 6. The van der Waals surface area contributed by atoms with Gasteiger partial charge in [-0.3, -0.25) is 9.59 Å². The first-order valence-electron chi connectivity index (χ1n) is 9.20. The molecule has 0 unspecified atom stereocenters. The summed E-state index contributed by atoms with van der Waals surface area (Å²) in [5.74, 6) is 0.481. The van der Waals surface area contributed by atoms with Crippen LogP contribution in [-0.4, -0.2) is 58.5 Å². The van der Waals surface area contributed by atoms with Gasteiger partial charge in [-0.05, 0) is 25.5 Å². The summed E-state index contributed by atoms with van der Waals surface area (Å²) in [7, 11) is 0. The summed E-state index contributed by atoms with van der Waals surface area (Å²) in [6.45, 7) is 7.34. The van der Waals surface area contributed by atoms with Gasteiger partial charge in [0.1, 0.15) is 5.56 Å². The van der Waals surface area contributed by atoms with Gasteiger partial charge in [0.2, 0.25) is 5.95 Å². The van der Waals surface area contributed by atoms with Gasteiger partial charge in [0, 0.05) is 50.1 Å². The summed E-state index contributed by atoms with van der Waals surface area (Å²) in [4.78, 5) is 40.6. The van der Waals surface area contributed by atoms with Crippen LogP contribution in [0.3, 0.4) is 0 Å². The number of H-pyrrole nitrogens is 1. The van der Waals surface area contributed by atoms with Gasteiger partial charge < -0.3 is 19.5 Å². The Morgan fingerprint density at radius 2 is 2.00 bits per heavy atom. The molecule has 8 heteroatoms. The predicted molar refractivity (Wildman–Crippen MR) is 100 cm³/mol. The van der Waals surface area contributed by atoms with Crippen molar-refractivity contribution in [3.05, 3.63) is 50.7 Å². The second kappa shape index (κ2) is 7.11. The summed E-state index contributed by atoms with van der Waals surface area (Å²) in [6.07, 6.45) is 2.64. The van der Waals surface area contributed by atoms with Crippen molar-refractivity contribution in [3.63, 3.8) is 0 Å². The van der Waals surface area contributed by atoms with E-state index in [9.17, 15) is 9.59 Å². The average molecular weight is 369 g/mol. The van der Waals surface area contributed by atoms with E-state index in [1.165, 1.54) is 0 Å². The van der Waals surface area contributed by atoms with Crippen LogP contribution in [0.15, 0.2) is 17.1 Å². The number of nitrogens with one attached hydrogen (secondary N) is 1. The minimum Gasteiger partial charge on any atom is -0.376 e. The molecule has 0 aromatic carbocycles. The van der Waals surface area contributed by atoms with Crippen LogP contribution < -0.4 is 10.5 Å². The third-order valence-corrected chi connectivity index (χ3v) is 5.26. The highest BCUT2D eigenvalue weighted by Gasteiger charge is 2.26. The quantitative estimate of drug-likeness (QED) is 0.843. The first-order chi connectivity index (χ1) is 13.0. The molecule has 27 heavy (non-hydrogen) atoms. The zero-order valence-electron chi connectivity index (χ0n) is 15.6. The number of pyridine rings is 1. The van der Waals surface area contributed by atoms with Gasteiger partial charge in [-0.25, -0.2) is 9.97 Å². The second-order valence-electron chi connectivity index (χ2n) is 7.04. The Labute approximate surface area is 157 Å². The maximum Gasteiger partial charge on any atom is 0.261 e. The number of aromatic amines is 1. The van der Waals surface area contributed by atoms with Crippen LogP contribution in [0.2, 0.25) is 0 Å². The standard InChI is InChI=1S/C19H23N5O3/c1-12-9-15(17(25)21-13(12)2)18(26)23-4-6-24(7-5-23)19-20-10-14-11-27-8-3-16(14)22-19/h9-10H,3-8,11H2,1-2H3,(H,21,25). The largest absolute Gasteiger partial charge is 0.376 e. The smallest absolute Gasteiger partial charge is 0.261 e. The molecule has 2 aliphatic heterocycles. The van der Waals surface area contributed by atoms with Gasteiger partial charge in [-0.1, -0.05) is 0 Å². The molecule has 0 bridgehead atoms. The normalized spacial score (nSPS) is 17.0. The third-order valence-electron chi connectivity index (χ3n) is 5.26. The Balaban J connectivity index is 1.45. The highest BCUT2D eigenvalue weighted by molar-refractivity contribution is 5.94. The number of amides is 1. The van der Waals surface area contributed by atoms with Crippen molar-refractivity contribution in [1.82, 2.24) is 19.9 Å². The molecule has 0 radical (unpaired) electrons. The number of piperazine rings is 1. The summed E-state index contributed by atoms with van der Waals surface area (Å²) in [5.41, 5.74) is 3.67. The Bertz CT molecular complexity index is 931. The summed E-state index contributed by atoms with van der Waals surface area (Å²) in [5, 5.41) is 0. The molecular weight excluding hydrogens is 346 g/mol. The Morgan fingerprint density at radius 3 is 2.78 bits per heavy atom. The lowest BCUT2D eigenvalue weighted by Crippen LogP contribution is -2.50. The molecular formula is C19H23N5O3. The lowest BCUT2D eigenvalue weighted by Gasteiger charge is -2.35. The topological polar surface area (TPSA) is 91.4 Å². The van der Waals surface area contributed by atoms with E-state index in [2.05, 4.69) is 19.9 Å². The number of anilines is 1. The monoisotopic (exact) mass is 369 g/mol. The molecule has 2 aromatic rings. The van der Waals surface area contributed by atoms with E-state index < -0.39 is 0 Å². The minimum absolute atomic E-state index is 0.205. The third kappa shape index (κ3) is 3.44. The van der Waals surface area contributed by atoms with Crippen molar-refractivity contribution in [1.29, 1.82) is 0 Å². The van der Waals surface area contributed by atoms with Crippen LogP contribution in [0.25, 0.3) is 0 Å². The first-order valence-corrected chi connectivity index (χ1v) is 9.20. The zero-order chi connectivity index (χ0) is 19.0. The molecule has 1 amide bonds. The lowest BCUT2D eigenvalue weighted by atomic mass is 10.1. The summed E-state index contributed by atoms with van der Waals surface area (Å²) in [6, 6.07) is 1.68. The Hall–Kier alpha value is -2.74. The van der Waals surface area contributed by atoms with Crippen molar-refractivity contribution in [3.8, 4) is 0 Å². The Kier molecular flexibility index (Phi) is 4.65. The molecule has 0 saturated carbocycles. The molecule has 142 valence electrons. The van der Waals surface area contributed by atoms with E-state index in [0.717, 1.165) is 28.9 Å². The maximum absolute atomic E-state index is 12.8. The zero-order valence-corrected chi connectivity index (χ0v) is 15.6. The van der Waals surface area contributed by atoms with E-state index in [-0.39, 0.29) is 17.0 Å². The molecule has 0 aliphatic carbocycles. The summed E-state index contributed by atoms with van der Waals surface area (Å²) >= 11 is 0. The van der Waals surface area contributed by atoms with Gasteiger partial charge in [-0.2, -0.15) is 0 Å². The van der Waals surface area contributed by atoms with Crippen molar-refractivity contribution in [2.45, 2.75) is 26.9 Å². The fourth-order valence-corrected chi connectivity index (χ4v) is 3.44. The minimum atomic E-state index is -0.328. The SMILES string of the molecule is Cc1cc(C(=O)N2CCN(c3ncc4c(n3)CCOC4)CC2)c(=O)[nH]c1C. The molecule has 0 spiro atoms. The van der Waals surface area contributed by atoms with Crippen molar-refractivity contribution in [2.75, 3.05) is 37.7 Å². The Morgan fingerprint density at radius 1 is 1.22 bits per heavy atom. The van der Waals surface area contributed by atoms with Crippen molar-refractivity contribution >= 4 is 11.9 Å². The van der Waals surface area contributed by atoms with E-state index >= 15 is 0 Å². The van der Waals surface area contributed by atoms with Gasteiger partial charge in [0.05, 0.1) is 18.9 Å². The highest BCUT2D eigenvalue weighted by Crippen LogP contribution is 2.18. The number of rotatable bonds is 2. The molecule has 1 N–H and O–H groups in total. The number of aromatic nitrogens is 3. The van der Waals surface area contributed by atoms with E-state index in [0.29, 0.717) is 45.3 Å². The van der Waals surface area contributed by atoms with E-state index in [1.54, 1.807) is 11.0 Å². The number of fused-ring (bicyclic) bond motifs is 1. The fourth-order valence-electron chi connectivity index (χ4n) is 3.44. The van der Waals surface area contributed by atoms with Crippen molar-refractivity contribution in [2.24, 2.45) is 0 Å². The number of carbonyl (C=O) groups is 1. The highest BCUT2D eigenvalue weighted by atomic mass is 16.5. The van der Waals surface area contributed by atoms with Crippen LogP contribution in [0.5, 0.6) is 0 Å². The molecule has 2 aromatic heterocycles. The molecule has 8 nitrogen and oxygen atoms in total. The van der Waals surface area contributed by atoms with E-state index in [1.807, 2.05) is 20.0 Å². The molecule has 0 atom stereocenters. The molecule has 1 fully saturated rings. The van der Waals surface area contributed by atoms with Gasteiger partial charge in [-0.15, -0.1) is 0 Å². The first kappa shape index (κ1) is 17.7. The predicted octanol–water partition coefficient (Wildman–Crippen LogP) is 0.817. The fraction of sp³-hybridized carbons (Fsp3) is 0.474.